The van der Waals surface area contributed by atoms with Gasteiger partial charge < -0.3 is 0 Å². The van der Waals surface area contributed by atoms with E-state index in [1.54, 1.807) is 0 Å². The molecule has 1 fully saturated rings. The summed E-state index contributed by atoms with van der Waals surface area (Å²) in [5.41, 5.74) is 3.23. The Morgan fingerprint density at radius 1 is 1.00 bits per heavy atom. The summed E-state index contributed by atoms with van der Waals surface area (Å²) in [6.07, 6.45) is 5.80. The highest BCUT2D eigenvalue weighted by atomic mass is 31.1. The van der Waals surface area contributed by atoms with Gasteiger partial charge in [0.2, 0.25) is 0 Å². The maximum atomic E-state index is 2.47. The Morgan fingerprint density at radius 2 is 1.50 bits per heavy atom. The van der Waals surface area contributed by atoms with Crippen LogP contribution in [0.3, 0.4) is 0 Å². The second-order valence-corrected chi connectivity index (χ2v) is 11.0. The zero-order valence-electron chi connectivity index (χ0n) is 14.0. The first-order valence-corrected chi connectivity index (χ1v) is 8.91. The van der Waals surface area contributed by atoms with Gasteiger partial charge in [-0.1, -0.05) is 61.8 Å². The predicted molar refractivity (Wildman–Crippen MR) is 87.1 cm³/mol. The molecule has 1 aliphatic rings. The molecular weight excluding hydrogens is 235 g/mol. The lowest BCUT2D eigenvalue weighted by molar-refractivity contribution is -0.0622. The highest BCUT2D eigenvalue weighted by molar-refractivity contribution is 7.39. The van der Waals surface area contributed by atoms with Crippen molar-refractivity contribution in [1.29, 1.82) is 0 Å². The molecule has 108 valence electrons. The van der Waals surface area contributed by atoms with Crippen molar-refractivity contribution in [2.24, 2.45) is 16.2 Å². The van der Waals surface area contributed by atoms with Crippen molar-refractivity contribution in [3.05, 3.63) is 0 Å². The Balaban J connectivity index is 2.98. The minimum Gasteiger partial charge on any atom is -0.116 e. The predicted octanol–water partition coefficient (Wildman–Crippen LogP) is 6.09. The van der Waals surface area contributed by atoms with E-state index in [-0.39, 0.29) is 0 Å². The minimum absolute atomic E-state index is 0.422. The standard InChI is InChI=1S/C17H35P/c1-13(2)18-14-10-9-11-17(12-14,15(3,4)5)16(6,7)8/h13-14,18H,9-12H2,1-8H3. The van der Waals surface area contributed by atoms with E-state index in [0.29, 0.717) is 16.2 Å². The van der Waals surface area contributed by atoms with Crippen LogP contribution in [0, 0.1) is 16.2 Å². The molecule has 1 rings (SSSR count). The van der Waals surface area contributed by atoms with Crippen LogP contribution in [-0.4, -0.2) is 11.3 Å². The maximum Gasteiger partial charge on any atom is -0.0194 e. The molecule has 0 aromatic carbocycles. The third-order valence-electron chi connectivity index (χ3n) is 5.19. The van der Waals surface area contributed by atoms with Crippen LogP contribution >= 0.6 is 8.58 Å². The summed E-state index contributed by atoms with van der Waals surface area (Å²) >= 11 is 0. The van der Waals surface area contributed by atoms with Gasteiger partial charge in [-0.15, -0.1) is 8.58 Å². The molecule has 2 unspecified atom stereocenters. The highest BCUT2D eigenvalue weighted by Crippen LogP contribution is 2.61. The van der Waals surface area contributed by atoms with E-state index < -0.39 is 0 Å². The average molecular weight is 270 g/mol. The Kier molecular flexibility index (Phi) is 4.97. The van der Waals surface area contributed by atoms with Gasteiger partial charge in [-0.3, -0.25) is 0 Å². The Labute approximate surface area is 117 Å². The molecule has 0 radical (unpaired) electrons. The molecule has 0 aliphatic heterocycles. The minimum atomic E-state index is 0.422. The van der Waals surface area contributed by atoms with Crippen LogP contribution < -0.4 is 0 Å². The fourth-order valence-corrected chi connectivity index (χ4v) is 6.16. The summed E-state index contributed by atoms with van der Waals surface area (Å²) in [5.74, 6) is 0. The molecule has 0 spiro atoms. The van der Waals surface area contributed by atoms with Gasteiger partial charge in [-0.05, 0) is 46.8 Å². The van der Waals surface area contributed by atoms with Gasteiger partial charge in [0, 0.05) is 0 Å². The first kappa shape index (κ1) is 16.5. The summed E-state index contributed by atoms with van der Waals surface area (Å²) in [4.78, 5) is 0. The van der Waals surface area contributed by atoms with Gasteiger partial charge in [0.15, 0.2) is 0 Å². The van der Waals surface area contributed by atoms with Crippen molar-refractivity contribution in [2.45, 2.75) is 92.4 Å². The monoisotopic (exact) mass is 270 g/mol. The lowest BCUT2D eigenvalue weighted by Gasteiger charge is -2.58. The van der Waals surface area contributed by atoms with E-state index in [4.69, 9.17) is 0 Å². The van der Waals surface area contributed by atoms with Crippen LogP contribution in [0.25, 0.3) is 0 Å². The molecule has 0 heterocycles. The van der Waals surface area contributed by atoms with Crippen molar-refractivity contribution >= 4 is 8.58 Å². The Hall–Kier alpha value is 0.430. The van der Waals surface area contributed by atoms with Crippen LogP contribution in [0.2, 0.25) is 0 Å². The van der Waals surface area contributed by atoms with E-state index in [1.165, 1.54) is 25.7 Å². The fourth-order valence-electron chi connectivity index (χ4n) is 4.38. The molecular formula is C17H35P. The Bertz CT molecular complexity index is 250. The average Bonchev–Trinajstić information content (AvgIpc) is 2.13. The maximum absolute atomic E-state index is 2.47. The number of hydrogen-bond donors (Lipinski definition) is 0. The van der Waals surface area contributed by atoms with Gasteiger partial charge in [-0.2, -0.15) is 0 Å². The molecule has 0 amide bonds. The van der Waals surface area contributed by atoms with Crippen LogP contribution in [0.5, 0.6) is 0 Å². The molecule has 2 atom stereocenters. The third-order valence-corrected chi connectivity index (χ3v) is 6.82. The molecule has 1 saturated carbocycles. The normalized spacial score (nSPS) is 26.2. The van der Waals surface area contributed by atoms with Gasteiger partial charge >= 0.3 is 0 Å². The van der Waals surface area contributed by atoms with Gasteiger partial charge in [-0.25, -0.2) is 0 Å². The third kappa shape index (κ3) is 3.30. The summed E-state index contributed by atoms with van der Waals surface area (Å²) in [6, 6.07) is 0. The van der Waals surface area contributed by atoms with Crippen molar-refractivity contribution in [3.63, 3.8) is 0 Å². The van der Waals surface area contributed by atoms with Gasteiger partial charge in [0.1, 0.15) is 0 Å². The number of rotatable bonds is 2. The van der Waals surface area contributed by atoms with E-state index in [0.717, 1.165) is 19.9 Å². The number of hydrogen-bond acceptors (Lipinski definition) is 0. The first-order chi connectivity index (χ1) is 7.99. The van der Waals surface area contributed by atoms with Crippen LogP contribution in [0.15, 0.2) is 0 Å². The van der Waals surface area contributed by atoms with Crippen molar-refractivity contribution in [2.75, 3.05) is 0 Å². The van der Waals surface area contributed by atoms with Crippen molar-refractivity contribution < 1.29 is 0 Å². The largest absolute Gasteiger partial charge is 0.116 e. The summed E-state index contributed by atoms with van der Waals surface area (Å²) < 4.78 is 0. The molecule has 1 aliphatic carbocycles. The topological polar surface area (TPSA) is 0 Å². The smallest absolute Gasteiger partial charge is 0.0194 e. The zero-order chi connectivity index (χ0) is 14.2. The summed E-state index contributed by atoms with van der Waals surface area (Å²) in [5, 5.41) is 0. The molecule has 0 aromatic rings. The van der Waals surface area contributed by atoms with Crippen LogP contribution in [0.4, 0.5) is 0 Å². The first-order valence-electron chi connectivity index (χ1n) is 7.76. The van der Waals surface area contributed by atoms with E-state index in [1.807, 2.05) is 0 Å². The highest BCUT2D eigenvalue weighted by Gasteiger charge is 2.52. The second-order valence-electron chi connectivity index (χ2n) is 8.70. The Morgan fingerprint density at radius 3 is 1.89 bits per heavy atom. The van der Waals surface area contributed by atoms with Gasteiger partial charge in [0.25, 0.3) is 0 Å². The quantitative estimate of drug-likeness (QED) is 0.532. The van der Waals surface area contributed by atoms with Crippen molar-refractivity contribution in [3.8, 4) is 0 Å². The lowest BCUT2D eigenvalue weighted by atomic mass is 9.49. The fraction of sp³-hybridized carbons (Fsp3) is 1.00. The lowest BCUT2D eigenvalue weighted by Crippen LogP contribution is -2.49. The van der Waals surface area contributed by atoms with Crippen molar-refractivity contribution in [1.82, 2.24) is 0 Å². The molecule has 1 heteroatoms. The summed E-state index contributed by atoms with van der Waals surface area (Å²) in [6.45, 7) is 19.6. The molecule has 18 heavy (non-hydrogen) atoms. The van der Waals surface area contributed by atoms with Crippen LogP contribution in [-0.2, 0) is 0 Å². The zero-order valence-corrected chi connectivity index (χ0v) is 15.0. The summed E-state index contributed by atoms with van der Waals surface area (Å²) in [7, 11) is 1.16. The van der Waals surface area contributed by atoms with E-state index in [9.17, 15) is 0 Å². The van der Waals surface area contributed by atoms with Gasteiger partial charge in [0.05, 0.1) is 0 Å². The molecule has 0 saturated heterocycles. The molecule has 0 nitrogen and oxygen atoms in total. The van der Waals surface area contributed by atoms with E-state index in [2.05, 4.69) is 55.4 Å². The SMILES string of the molecule is CC(C)PC1CCCC(C(C)(C)C)(C(C)(C)C)C1. The molecule has 0 aromatic heterocycles. The molecule has 0 N–H and O–H groups in total. The second kappa shape index (κ2) is 5.43. The van der Waals surface area contributed by atoms with Crippen LogP contribution in [0.1, 0.15) is 81.1 Å². The molecule has 0 bridgehead atoms. The van der Waals surface area contributed by atoms with E-state index >= 15 is 0 Å².